The highest BCUT2D eigenvalue weighted by atomic mass is 16.6. The first-order valence-corrected chi connectivity index (χ1v) is 6.23. The number of carbonyl (C=O) groups excluding carboxylic acids is 1. The van der Waals surface area contributed by atoms with Crippen LogP contribution in [0.15, 0.2) is 18.2 Å². The number of rotatable bonds is 6. The molecule has 0 unspecified atom stereocenters. The molecule has 0 radical (unpaired) electrons. The highest BCUT2D eigenvalue weighted by molar-refractivity contribution is 5.91. The van der Waals surface area contributed by atoms with Crippen LogP contribution in [-0.4, -0.2) is 50.0 Å². The van der Waals surface area contributed by atoms with Gasteiger partial charge in [-0.25, -0.2) is 0 Å². The molecule has 0 bridgehead atoms. The molecule has 7 nitrogen and oxygen atoms in total. The zero-order chi connectivity index (χ0) is 15.3. The zero-order valence-corrected chi connectivity index (χ0v) is 12.2. The molecule has 0 fully saturated rings. The summed E-state index contributed by atoms with van der Waals surface area (Å²) < 4.78 is 0. The normalized spacial score (nSPS) is 10.4. The van der Waals surface area contributed by atoms with Crippen molar-refractivity contribution in [3.05, 3.63) is 28.3 Å². The summed E-state index contributed by atoms with van der Waals surface area (Å²) in [5.74, 6) is -0.332. The van der Waals surface area contributed by atoms with Crippen molar-refractivity contribution in [2.45, 2.75) is 6.92 Å². The first-order valence-electron chi connectivity index (χ1n) is 6.23. The predicted molar refractivity (Wildman–Crippen MR) is 79.2 cm³/mol. The smallest absolute Gasteiger partial charge is 0.294 e. The Kier molecular flexibility index (Phi) is 5.45. The van der Waals surface area contributed by atoms with Crippen LogP contribution in [-0.2, 0) is 4.79 Å². The Morgan fingerprint density at radius 2 is 1.95 bits per heavy atom. The van der Waals surface area contributed by atoms with Gasteiger partial charge in [0, 0.05) is 38.8 Å². The third kappa shape index (κ3) is 4.51. The standard InChI is InChI=1S/C13H20N4O3/c1-10(18)14-12-6-5-11(9-13(12)17(19)20)16(4)8-7-15(2)3/h5-6,9H,7-8H2,1-4H3,(H,14,18). The maximum Gasteiger partial charge on any atom is 0.294 e. The number of carbonyl (C=O) groups is 1. The molecule has 1 N–H and O–H groups in total. The van der Waals surface area contributed by atoms with Crippen LogP contribution < -0.4 is 10.2 Å². The maximum atomic E-state index is 11.1. The average Bonchev–Trinajstić information content (AvgIpc) is 2.35. The van der Waals surface area contributed by atoms with Crippen molar-refractivity contribution >= 4 is 23.0 Å². The molecule has 0 spiro atoms. The van der Waals surface area contributed by atoms with Crippen LogP contribution in [0, 0.1) is 10.1 Å². The van der Waals surface area contributed by atoms with Gasteiger partial charge in [-0.05, 0) is 26.2 Å². The number of nitrogens with one attached hydrogen (secondary N) is 1. The molecule has 20 heavy (non-hydrogen) atoms. The summed E-state index contributed by atoms with van der Waals surface area (Å²) in [6, 6.07) is 4.79. The Balaban J connectivity index is 2.97. The molecule has 1 amide bonds. The van der Waals surface area contributed by atoms with Gasteiger partial charge in [0.15, 0.2) is 0 Å². The van der Waals surface area contributed by atoms with Crippen LogP contribution in [0.4, 0.5) is 17.1 Å². The van der Waals surface area contributed by atoms with E-state index >= 15 is 0 Å². The molecule has 1 rings (SSSR count). The molecular formula is C13H20N4O3. The number of hydrogen-bond acceptors (Lipinski definition) is 5. The molecule has 0 saturated carbocycles. The lowest BCUT2D eigenvalue weighted by atomic mass is 10.2. The number of amides is 1. The summed E-state index contributed by atoms with van der Waals surface area (Å²) in [7, 11) is 5.81. The monoisotopic (exact) mass is 280 g/mol. The van der Waals surface area contributed by atoms with E-state index in [2.05, 4.69) is 5.32 Å². The molecule has 1 aromatic carbocycles. The van der Waals surface area contributed by atoms with Gasteiger partial charge in [-0.15, -0.1) is 0 Å². The Morgan fingerprint density at radius 1 is 1.30 bits per heavy atom. The first kappa shape index (κ1) is 15.9. The van der Waals surface area contributed by atoms with Crippen LogP contribution in [0.3, 0.4) is 0 Å². The minimum atomic E-state index is -0.492. The second kappa shape index (κ2) is 6.85. The number of nitro groups is 1. The van der Waals surface area contributed by atoms with E-state index in [1.807, 2.05) is 30.9 Å². The van der Waals surface area contributed by atoms with E-state index in [1.165, 1.54) is 13.0 Å². The molecular weight excluding hydrogens is 260 g/mol. The van der Waals surface area contributed by atoms with Crippen molar-refractivity contribution in [1.82, 2.24) is 4.90 Å². The number of likely N-dealkylation sites (N-methyl/N-ethyl adjacent to an activating group) is 2. The highest BCUT2D eigenvalue weighted by Crippen LogP contribution is 2.29. The topological polar surface area (TPSA) is 78.7 Å². The van der Waals surface area contributed by atoms with Crippen molar-refractivity contribution in [2.75, 3.05) is 44.4 Å². The van der Waals surface area contributed by atoms with Gasteiger partial charge in [-0.2, -0.15) is 0 Å². The van der Waals surface area contributed by atoms with Crippen molar-refractivity contribution in [3.8, 4) is 0 Å². The van der Waals surface area contributed by atoms with Gasteiger partial charge >= 0.3 is 0 Å². The molecule has 0 aliphatic carbocycles. The minimum Gasteiger partial charge on any atom is -0.373 e. The van der Waals surface area contributed by atoms with Crippen LogP contribution >= 0.6 is 0 Å². The van der Waals surface area contributed by atoms with E-state index in [4.69, 9.17) is 0 Å². The van der Waals surface area contributed by atoms with Crippen LogP contribution in [0.2, 0.25) is 0 Å². The summed E-state index contributed by atoms with van der Waals surface area (Å²) >= 11 is 0. The van der Waals surface area contributed by atoms with Gasteiger partial charge in [0.1, 0.15) is 5.69 Å². The molecule has 0 atom stereocenters. The Bertz CT molecular complexity index is 502. The van der Waals surface area contributed by atoms with Gasteiger partial charge in [-0.3, -0.25) is 14.9 Å². The van der Waals surface area contributed by atoms with E-state index in [9.17, 15) is 14.9 Å². The quantitative estimate of drug-likeness (QED) is 0.632. The summed E-state index contributed by atoms with van der Waals surface area (Å²) in [5.41, 5.74) is 0.856. The Labute approximate surface area is 118 Å². The lowest BCUT2D eigenvalue weighted by Gasteiger charge is -2.21. The van der Waals surface area contributed by atoms with Crippen LogP contribution in [0.1, 0.15) is 6.92 Å². The van der Waals surface area contributed by atoms with Gasteiger partial charge < -0.3 is 15.1 Å². The van der Waals surface area contributed by atoms with E-state index < -0.39 is 4.92 Å². The fraction of sp³-hybridized carbons (Fsp3) is 0.462. The number of hydrogen-bond donors (Lipinski definition) is 1. The molecule has 0 saturated heterocycles. The summed E-state index contributed by atoms with van der Waals surface area (Å²) in [5, 5.41) is 13.5. The predicted octanol–water partition coefficient (Wildman–Crippen LogP) is 1.55. The minimum absolute atomic E-state index is 0.102. The van der Waals surface area contributed by atoms with Crippen LogP contribution in [0.25, 0.3) is 0 Å². The summed E-state index contributed by atoms with van der Waals surface area (Å²) in [6.45, 7) is 2.92. The van der Waals surface area contributed by atoms with Gasteiger partial charge in [0.25, 0.3) is 5.69 Å². The lowest BCUT2D eigenvalue weighted by molar-refractivity contribution is -0.383. The van der Waals surface area contributed by atoms with E-state index in [1.54, 1.807) is 12.1 Å². The SMILES string of the molecule is CC(=O)Nc1ccc(N(C)CCN(C)C)cc1[N+](=O)[O-]. The molecule has 0 aliphatic rings. The Hall–Kier alpha value is -2.15. The molecule has 0 aliphatic heterocycles. The van der Waals surface area contributed by atoms with Gasteiger partial charge in [0.2, 0.25) is 5.91 Å². The van der Waals surface area contributed by atoms with Gasteiger partial charge in [-0.1, -0.05) is 0 Å². The number of anilines is 2. The van der Waals surface area contributed by atoms with Crippen LogP contribution in [0.5, 0.6) is 0 Å². The number of nitro benzene ring substituents is 1. The van der Waals surface area contributed by atoms with E-state index in [0.29, 0.717) is 0 Å². The molecule has 1 aromatic rings. The lowest BCUT2D eigenvalue weighted by Crippen LogP contribution is -2.28. The Morgan fingerprint density at radius 3 is 2.45 bits per heavy atom. The fourth-order valence-electron chi connectivity index (χ4n) is 1.68. The molecule has 0 heterocycles. The number of benzene rings is 1. The third-order valence-electron chi connectivity index (χ3n) is 2.81. The second-order valence-corrected chi connectivity index (χ2v) is 4.86. The van der Waals surface area contributed by atoms with E-state index in [0.717, 1.165) is 18.8 Å². The van der Waals surface area contributed by atoms with Gasteiger partial charge in [0.05, 0.1) is 4.92 Å². The molecule has 110 valence electrons. The van der Waals surface area contributed by atoms with Crippen molar-refractivity contribution in [3.63, 3.8) is 0 Å². The maximum absolute atomic E-state index is 11.1. The molecule has 0 aromatic heterocycles. The zero-order valence-electron chi connectivity index (χ0n) is 12.2. The van der Waals surface area contributed by atoms with Crippen molar-refractivity contribution < 1.29 is 9.72 Å². The summed E-state index contributed by atoms with van der Waals surface area (Å²) in [6.07, 6.45) is 0. The largest absolute Gasteiger partial charge is 0.373 e. The summed E-state index contributed by atoms with van der Waals surface area (Å²) in [4.78, 5) is 25.6. The second-order valence-electron chi connectivity index (χ2n) is 4.86. The fourth-order valence-corrected chi connectivity index (χ4v) is 1.68. The van der Waals surface area contributed by atoms with Crippen molar-refractivity contribution in [1.29, 1.82) is 0 Å². The average molecular weight is 280 g/mol. The highest BCUT2D eigenvalue weighted by Gasteiger charge is 2.16. The first-order chi connectivity index (χ1) is 9.31. The van der Waals surface area contributed by atoms with Crippen molar-refractivity contribution in [2.24, 2.45) is 0 Å². The van der Waals surface area contributed by atoms with E-state index in [-0.39, 0.29) is 17.3 Å². The third-order valence-corrected chi connectivity index (χ3v) is 2.81. The number of nitrogens with zero attached hydrogens (tertiary/aromatic N) is 3. The molecule has 7 heteroatoms.